The maximum Gasteiger partial charge on any atom is 0.134 e. The molecule has 0 saturated heterocycles. The van der Waals surface area contributed by atoms with Crippen LogP contribution in [-0.4, -0.2) is 20.0 Å². The van der Waals surface area contributed by atoms with Gasteiger partial charge in [0.25, 0.3) is 0 Å². The molecule has 0 aliphatic carbocycles. The molecule has 104 valence electrons. The fraction of sp³-hybridized carbons (Fsp3) is 0.333. The van der Waals surface area contributed by atoms with Gasteiger partial charge >= 0.3 is 0 Å². The number of aromatic nitrogens is 4. The van der Waals surface area contributed by atoms with Gasteiger partial charge in [-0.2, -0.15) is 0 Å². The molecule has 2 heterocycles. The predicted molar refractivity (Wildman–Crippen MR) is 77.7 cm³/mol. The third-order valence-corrected chi connectivity index (χ3v) is 3.27. The Kier molecular flexibility index (Phi) is 3.18. The smallest absolute Gasteiger partial charge is 0.134 e. The number of nitrogens with zero attached hydrogens (tertiary/aromatic N) is 3. The molecule has 0 aliphatic rings. The van der Waals surface area contributed by atoms with Crippen LogP contribution in [0.25, 0.3) is 10.9 Å². The van der Waals surface area contributed by atoms with Gasteiger partial charge in [0.15, 0.2) is 0 Å². The molecule has 0 saturated carbocycles. The summed E-state index contributed by atoms with van der Waals surface area (Å²) in [6.45, 7) is 4.78. The predicted octanol–water partition coefficient (Wildman–Crippen LogP) is 3.00. The largest absolute Gasteiger partial charge is 0.487 e. The van der Waals surface area contributed by atoms with Crippen LogP contribution in [-0.2, 0) is 13.7 Å². The van der Waals surface area contributed by atoms with E-state index in [0.717, 1.165) is 17.0 Å². The molecule has 0 unspecified atom stereocenters. The molecule has 0 atom stereocenters. The molecule has 3 rings (SSSR count). The van der Waals surface area contributed by atoms with Crippen molar-refractivity contribution in [3.63, 3.8) is 0 Å². The summed E-state index contributed by atoms with van der Waals surface area (Å²) in [6, 6.07) is 8.27. The fourth-order valence-electron chi connectivity index (χ4n) is 2.15. The van der Waals surface area contributed by atoms with E-state index in [9.17, 15) is 0 Å². The van der Waals surface area contributed by atoms with E-state index in [4.69, 9.17) is 4.74 Å². The number of hydrogen-bond acceptors (Lipinski definition) is 3. The summed E-state index contributed by atoms with van der Waals surface area (Å²) in [5, 5.41) is 9.09. The lowest BCUT2D eigenvalue weighted by molar-refractivity contribution is 0.301. The van der Waals surface area contributed by atoms with Gasteiger partial charge in [0, 0.05) is 24.3 Å². The first-order valence-electron chi connectivity index (χ1n) is 6.72. The molecule has 2 aromatic heterocycles. The van der Waals surface area contributed by atoms with Crippen LogP contribution in [0.1, 0.15) is 31.2 Å². The minimum atomic E-state index is 0.428. The van der Waals surface area contributed by atoms with Gasteiger partial charge in [-0.3, -0.25) is 4.68 Å². The number of benzene rings is 1. The first-order chi connectivity index (χ1) is 9.61. The van der Waals surface area contributed by atoms with Crippen LogP contribution >= 0.6 is 0 Å². The Labute approximate surface area is 117 Å². The van der Waals surface area contributed by atoms with Gasteiger partial charge in [0.05, 0.1) is 6.20 Å². The standard InChI is InChI=1S/C15H18N4O/c1-10(2)14-6-11-4-5-13(7-15(11)16-14)20-9-12-8-19(3)18-17-12/h4-8,10,16H,9H2,1-3H3. The van der Waals surface area contributed by atoms with Crippen LogP contribution < -0.4 is 4.74 Å². The van der Waals surface area contributed by atoms with Crippen LogP contribution in [0, 0.1) is 0 Å². The molecule has 3 aromatic rings. The van der Waals surface area contributed by atoms with Crippen molar-refractivity contribution in [3.8, 4) is 5.75 Å². The maximum atomic E-state index is 5.75. The Bertz CT molecular complexity index is 726. The number of nitrogens with one attached hydrogen (secondary N) is 1. The molecule has 0 spiro atoms. The van der Waals surface area contributed by atoms with Crippen LogP contribution in [0.15, 0.2) is 30.5 Å². The van der Waals surface area contributed by atoms with Crippen LogP contribution in [0.3, 0.4) is 0 Å². The average Bonchev–Trinajstić information content (AvgIpc) is 3.01. The molecule has 0 radical (unpaired) electrons. The van der Waals surface area contributed by atoms with E-state index in [1.54, 1.807) is 4.68 Å². The van der Waals surface area contributed by atoms with E-state index >= 15 is 0 Å². The molecule has 0 amide bonds. The highest BCUT2D eigenvalue weighted by atomic mass is 16.5. The number of H-pyrrole nitrogens is 1. The van der Waals surface area contributed by atoms with E-state index in [-0.39, 0.29) is 0 Å². The van der Waals surface area contributed by atoms with Crippen molar-refractivity contribution in [2.24, 2.45) is 7.05 Å². The highest BCUT2D eigenvalue weighted by Gasteiger charge is 2.06. The van der Waals surface area contributed by atoms with Crippen molar-refractivity contribution in [1.82, 2.24) is 20.0 Å². The molecule has 1 N–H and O–H groups in total. The number of fused-ring (bicyclic) bond motifs is 1. The lowest BCUT2D eigenvalue weighted by atomic mass is 10.1. The molecule has 0 bridgehead atoms. The zero-order valence-electron chi connectivity index (χ0n) is 11.9. The second kappa shape index (κ2) is 5.00. The minimum Gasteiger partial charge on any atom is -0.487 e. The monoisotopic (exact) mass is 270 g/mol. The number of ether oxygens (including phenoxy) is 1. The van der Waals surface area contributed by atoms with E-state index in [0.29, 0.717) is 12.5 Å². The average molecular weight is 270 g/mol. The highest BCUT2D eigenvalue weighted by Crippen LogP contribution is 2.25. The molecule has 5 heteroatoms. The van der Waals surface area contributed by atoms with Crippen molar-refractivity contribution in [3.05, 3.63) is 41.9 Å². The normalized spacial score (nSPS) is 11.4. The van der Waals surface area contributed by atoms with Gasteiger partial charge in [-0.05, 0) is 29.5 Å². The van der Waals surface area contributed by atoms with Gasteiger partial charge in [-0.1, -0.05) is 19.1 Å². The third kappa shape index (κ3) is 2.52. The van der Waals surface area contributed by atoms with Crippen LogP contribution in [0.5, 0.6) is 5.75 Å². The zero-order chi connectivity index (χ0) is 14.1. The van der Waals surface area contributed by atoms with E-state index in [1.165, 1.54) is 11.1 Å². The third-order valence-electron chi connectivity index (χ3n) is 3.27. The SMILES string of the molecule is CC(C)c1cc2ccc(OCc3cn(C)nn3)cc2[nH]1. The quantitative estimate of drug-likeness (QED) is 0.793. The van der Waals surface area contributed by atoms with Crippen LogP contribution in [0.4, 0.5) is 0 Å². The van der Waals surface area contributed by atoms with E-state index < -0.39 is 0 Å². The second-order valence-corrected chi connectivity index (χ2v) is 5.30. The summed E-state index contributed by atoms with van der Waals surface area (Å²) < 4.78 is 7.42. The first-order valence-corrected chi connectivity index (χ1v) is 6.72. The lowest BCUT2D eigenvalue weighted by Gasteiger charge is -2.03. The fourth-order valence-corrected chi connectivity index (χ4v) is 2.15. The van der Waals surface area contributed by atoms with Gasteiger partial charge in [0.2, 0.25) is 0 Å². The number of hydrogen-bond donors (Lipinski definition) is 1. The molecular formula is C15H18N4O. The molecule has 0 fully saturated rings. The minimum absolute atomic E-state index is 0.428. The molecule has 5 nitrogen and oxygen atoms in total. The van der Waals surface area contributed by atoms with Gasteiger partial charge in [-0.25, -0.2) is 0 Å². The molecular weight excluding hydrogens is 252 g/mol. The summed E-state index contributed by atoms with van der Waals surface area (Å²) in [4.78, 5) is 3.43. The van der Waals surface area contributed by atoms with E-state index in [2.05, 4.69) is 41.3 Å². The van der Waals surface area contributed by atoms with Crippen molar-refractivity contribution in [1.29, 1.82) is 0 Å². The lowest BCUT2D eigenvalue weighted by Crippen LogP contribution is -1.95. The Balaban J connectivity index is 1.78. The summed E-state index contributed by atoms with van der Waals surface area (Å²) in [5.74, 6) is 1.33. The first kappa shape index (κ1) is 12.7. The van der Waals surface area contributed by atoms with Crippen molar-refractivity contribution in [2.45, 2.75) is 26.4 Å². The number of aromatic amines is 1. The number of aryl methyl sites for hydroxylation is 1. The van der Waals surface area contributed by atoms with Crippen molar-refractivity contribution in [2.75, 3.05) is 0 Å². The Morgan fingerprint density at radius 1 is 1.30 bits per heavy atom. The molecule has 1 aromatic carbocycles. The summed E-state index contributed by atoms with van der Waals surface area (Å²) in [7, 11) is 1.84. The summed E-state index contributed by atoms with van der Waals surface area (Å²) in [5.41, 5.74) is 3.17. The van der Waals surface area contributed by atoms with Crippen molar-refractivity contribution < 1.29 is 4.74 Å². The molecule has 0 aliphatic heterocycles. The summed E-state index contributed by atoms with van der Waals surface area (Å²) >= 11 is 0. The number of rotatable bonds is 4. The van der Waals surface area contributed by atoms with Gasteiger partial charge in [0.1, 0.15) is 18.1 Å². The molecule has 20 heavy (non-hydrogen) atoms. The highest BCUT2D eigenvalue weighted by molar-refractivity contribution is 5.82. The second-order valence-electron chi connectivity index (χ2n) is 5.30. The Hall–Kier alpha value is -2.30. The van der Waals surface area contributed by atoms with Crippen molar-refractivity contribution >= 4 is 10.9 Å². The van der Waals surface area contributed by atoms with Crippen LogP contribution in [0.2, 0.25) is 0 Å². The Morgan fingerprint density at radius 3 is 2.85 bits per heavy atom. The van der Waals surface area contributed by atoms with E-state index in [1.807, 2.05) is 25.4 Å². The summed E-state index contributed by atoms with van der Waals surface area (Å²) in [6.07, 6.45) is 1.85. The Morgan fingerprint density at radius 2 is 2.15 bits per heavy atom. The maximum absolute atomic E-state index is 5.75. The topological polar surface area (TPSA) is 55.7 Å². The van der Waals surface area contributed by atoms with Gasteiger partial charge < -0.3 is 9.72 Å². The van der Waals surface area contributed by atoms with Gasteiger partial charge in [-0.15, -0.1) is 5.10 Å². The zero-order valence-corrected chi connectivity index (χ0v) is 11.9.